The Kier molecular flexibility index (Phi) is 5.09. The zero-order valence-electron chi connectivity index (χ0n) is 14.8. The van der Waals surface area contributed by atoms with Crippen LogP contribution in [-0.2, 0) is 17.8 Å². The molecule has 150 valence electrons. The van der Waals surface area contributed by atoms with Gasteiger partial charge in [-0.15, -0.1) is 0 Å². The summed E-state index contributed by atoms with van der Waals surface area (Å²) in [6, 6.07) is 7.80. The van der Waals surface area contributed by atoms with E-state index < -0.39 is 17.5 Å². The maximum absolute atomic E-state index is 13.8. The molecule has 1 amide bonds. The molecule has 0 unspecified atom stereocenters. The van der Waals surface area contributed by atoms with Gasteiger partial charge in [-0.3, -0.25) is 4.79 Å². The number of carbonyl (C=O) groups excluding carboxylic acids is 1. The molecule has 0 fully saturated rings. The minimum atomic E-state index is -1.29. The minimum absolute atomic E-state index is 0.000353. The van der Waals surface area contributed by atoms with Gasteiger partial charge < -0.3 is 19.5 Å². The fraction of sp³-hybridized carbons (Fsp3) is 0.158. The Bertz CT molecular complexity index is 1070. The zero-order valence-corrected chi connectivity index (χ0v) is 14.8. The van der Waals surface area contributed by atoms with Crippen LogP contribution in [0.25, 0.3) is 11.3 Å². The van der Waals surface area contributed by atoms with Crippen molar-refractivity contribution < 1.29 is 32.2 Å². The lowest BCUT2D eigenvalue weighted by Gasteiger charge is -2.04. The molecule has 2 heterocycles. The summed E-state index contributed by atoms with van der Waals surface area (Å²) in [5.41, 5.74) is 2.94. The molecule has 0 saturated carbocycles. The predicted octanol–water partition coefficient (Wildman–Crippen LogP) is 3.20. The second-order valence-corrected chi connectivity index (χ2v) is 6.27. The average Bonchev–Trinajstić information content (AvgIpc) is 3.36. The van der Waals surface area contributed by atoms with E-state index in [0.29, 0.717) is 30.1 Å². The standard InChI is InChI=1S/C19H14F3N3O4/c20-13-8-15(22)14(21)7-12(13)16-6-11(27-24-16)9-23-19(26)4-2-10-1-3-17-18(5-10)29-25-28-17/h1,3,5-8,25H,2,4,9H2,(H,23,26). The number of fused-ring (bicyclic) bond motifs is 1. The van der Waals surface area contributed by atoms with E-state index in [1.807, 2.05) is 6.07 Å². The van der Waals surface area contributed by atoms with Crippen molar-refractivity contribution in [1.29, 1.82) is 0 Å². The molecule has 0 spiro atoms. The van der Waals surface area contributed by atoms with Crippen LogP contribution in [0.1, 0.15) is 17.7 Å². The number of carbonyl (C=O) groups is 1. The molecule has 3 aromatic rings. The monoisotopic (exact) mass is 405 g/mol. The number of hydrogen-bond donors (Lipinski definition) is 2. The van der Waals surface area contributed by atoms with Crippen LogP contribution in [0.4, 0.5) is 13.2 Å². The number of hydrogen-bond acceptors (Lipinski definition) is 6. The number of nitrogens with zero attached hydrogens (tertiary/aromatic N) is 1. The first kappa shape index (κ1) is 18.8. The Morgan fingerprint density at radius 1 is 1.00 bits per heavy atom. The van der Waals surface area contributed by atoms with Gasteiger partial charge in [-0.05, 0) is 30.2 Å². The Labute approximate surface area is 162 Å². The van der Waals surface area contributed by atoms with E-state index in [0.717, 1.165) is 5.56 Å². The third kappa shape index (κ3) is 4.16. The van der Waals surface area contributed by atoms with Crippen LogP contribution < -0.4 is 20.6 Å². The third-order valence-corrected chi connectivity index (χ3v) is 4.26. The highest BCUT2D eigenvalue weighted by Crippen LogP contribution is 2.31. The first-order valence-corrected chi connectivity index (χ1v) is 8.58. The molecule has 0 atom stereocenters. The van der Waals surface area contributed by atoms with Crippen LogP contribution in [0.5, 0.6) is 11.5 Å². The van der Waals surface area contributed by atoms with Gasteiger partial charge in [0.05, 0.1) is 6.54 Å². The lowest BCUT2D eigenvalue weighted by atomic mass is 10.1. The number of benzene rings is 2. The van der Waals surface area contributed by atoms with E-state index in [-0.39, 0.29) is 35.9 Å². The van der Waals surface area contributed by atoms with Gasteiger partial charge in [0.1, 0.15) is 11.5 Å². The highest BCUT2D eigenvalue weighted by atomic mass is 19.2. The van der Waals surface area contributed by atoms with Crippen molar-refractivity contribution in [3.05, 3.63) is 65.2 Å². The molecule has 1 aliphatic heterocycles. The Morgan fingerprint density at radius 2 is 1.79 bits per heavy atom. The van der Waals surface area contributed by atoms with Crippen LogP contribution >= 0.6 is 0 Å². The van der Waals surface area contributed by atoms with E-state index in [4.69, 9.17) is 14.2 Å². The predicted molar refractivity (Wildman–Crippen MR) is 92.8 cm³/mol. The molecule has 7 nitrogen and oxygen atoms in total. The molecule has 4 rings (SSSR count). The second-order valence-electron chi connectivity index (χ2n) is 6.27. The largest absolute Gasteiger partial charge is 0.370 e. The van der Waals surface area contributed by atoms with Crippen molar-refractivity contribution in [2.45, 2.75) is 19.4 Å². The molecule has 2 aromatic carbocycles. The van der Waals surface area contributed by atoms with Crippen LogP contribution in [0.15, 0.2) is 40.9 Å². The smallest absolute Gasteiger partial charge is 0.220 e. The minimum Gasteiger partial charge on any atom is -0.370 e. The molecule has 0 aliphatic carbocycles. The zero-order chi connectivity index (χ0) is 20.4. The molecular formula is C19H14F3N3O4. The molecule has 0 bridgehead atoms. The van der Waals surface area contributed by atoms with Gasteiger partial charge in [-0.25, -0.2) is 13.2 Å². The van der Waals surface area contributed by atoms with Crippen molar-refractivity contribution in [1.82, 2.24) is 16.1 Å². The number of rotatable bonds is 6. The summed E-state index contributed by atoms with van der Waals surface area (Å²) >= 11 is 0. The van der Waals surface area contributed by atoms with Gasteiger partial charge in [0.25, 0.3) is 0 Å². The van der Waals surface area contributed by atoms with Gasteiger partial charge in [0.15, 0.2) is 28.9 Å². The number of nitrogens with one attached hydrogen (secondary N) is 2. The summed E-state index contributed by atoms with van der Waals surface area (Å²) in [6.07, 6.45) is 0.691. The van der Waals surface area contributed by atoms with Crippen LogP contribution in [0.2, 0.25) is 0 Å². The molecule has 0 saturated heterocycles. The quantitative estimate of drug-likeness (QED) is 0.613. The summed E-state index contributed by atoms with van der Waals surface area (Å²) in [5.74, 6) is -2.34. The lowest BCUT2D eigenvalue weighted by molar-refractivity contribution is -0.121. The van der Waals surface area contributed by atoms with E-state index in [1.165, 1.54) is 6.07 Å². The number of amides is 1. The topological polar surface area (TPSA) is 85.6 Å². The van der Waals surface area contributed by atoms with Gasteiger partial charge in [0, 0.05) is 29.8 Å². The summed E-state index contributed by atoms with van der Waals surface area (Å²) in [5, 5.41) is 6.29. The summed E-state index contributed by atoms with van der Waals surface area (Å²) < 4.78 is 45.2. The van der Waals surface area contributed by atoms with Gasteiger partial charge >= 0.3 is 0 Å². The highest BCUT2D eigenvalue weighted by molar-refractivity contribution is 5.76. The van der Waals surface area contributed by atoms with Gasteiger partial charge in [-0.2, -0.15) is 0 Å². The fourth-order valence-corrected chi connectivity index (χ4v) is 2.76. The molecule has 1 aromatic heterocycles. The number of aromatic nitrogens is 1. The number of halogens is 3. The van der Waals surface area contributed by atoms with Gasteiger partial charge in [-0.1, -0.05) is 11.2 Å². The first-order chi connectivity index (χ1) is 14.0. The van der Waals surface area contributed by atoms with E-state index in [2.05, 4.69) is 16.1 Å². The summed E-state index contributed by atoms with van der Waals surface area (Å²) in [6.45, 7) is 0.0161. The van der Waals surface area contributed by atoms with Crippen molar-refractivity contribution >= 4 is 5.91 Å². The Morgan fingerprint density at radius 3 is 2.66 bits per heavy atom. The van der Waals surface area contributed by atoms with Crippen LogP contribution in [0, 0.1) is 17.5 Å². The van der Waals surface area contributed by atoms with Crippen LogP contribution in [-0.4, -0.2) is 11.1 Å². The Balaban J connectivity index is 1.32. The summed E-state index contributed by atoms with van der Waals surface area (Å²) in [7, 11) is 0. The van der Waals surface area contributed by atoms with E-state index >= 15 is 0 Å². The number of aryl methyl sites for hydroxylation is 1. The molecule has 0 radical (unpaired) electrons. The molecule has 29 heavy (non-hydrogen) atoms. The van der Waals surface area contributed by atoms with E-state index in [1.54, 1.807) is 12.1 Å². The lowest BCUT2D eigenvalue weighted by Crippen LogP contribution is -2.22. The van der Waals surface area contributed by atoms with Crippen LogP contribution in [0.3, 0.4) is 0 Å². The summed E-state index contributed by atoms with van der Waals surface area (Å²) in [4.78, 5) is 22.1. The normalized spacial score (nSPS) is 12.2. The molecule has 10 heteroatoms. The van der Waals surface area contributed by atoms with Crippen molar-refractivity contribution in [3.8, 4) is 22.8 Å². The maximum atomic E-state index is 13.8. The van der Waals surface area contributed by atoms with Crippen molar-refractivity contribution in [3.63, 3.8) is 0 Å². The third-order valence-electron chi connectivity index (χ3n) is 4.26. The Hall–Kier alpha value is -3.53. The maximum Gasteiger partial charge on any atom is 0.220 e. The SMILES string of the molecule is O=C(CCc1ccc2c(c1)ONO2)NCc1cc(-c2cc(F)c(F)cc2F)no1. The molecule has 2 N–H and O–H groups in total. The van der Waals surface area contributed by atoms with Crippen molar-refractivity contribution in [2.75, 3.05) is 0 Å². The second kappa shape index (κ2) is 7.84. The first-order valence-electron chi connectivity index (χ1n) is 8.58. The fourth-order valence-electron chi connectivity index (χ4n) is 2.76. The van der Waals surface area contributed by atoms with Crippen molar-refractivity contribution in [2.24, 2.45) is 0 Å². The molecule has 1 aliphatic rings. The highest BCUT2D eigenvalue weighted by Gasteiger charge is 2.16. The van der Waals surface area contributed by atoms with Gasteiger partial charge in [0.2, 0.25) is 5.91 Å². The average molecular weight is 405 g/mol. The molecular weight excluding hydrogens is 391 g/mol. The van der Waals surface area contributed by atoms with E-state index in [9.17, 15) is 18.0 Å².